The van der Waals surface area contributed by atoms with E-state index in [-0.39, 0.29) is 31.8 Å². The van der Waals surface area contributed by atoms with Gasteiger partial charge in [-0.15, -0.1) is 0 Å². The number of esters is 1. The lowest BCUT2D eigenvalue weighted by molar-refractivity contribution is 0.0720. The molecule has 0 amide bonds. The highest BCUT2D eigenvalue weighted by molar-refractivity contribution is 7.89. The minimum absolute atomic E-state index is 0.0373. The van der Waals surface area contributed by atoms with Gasteiger partial charge in [-0.2, -0.15) is 0 Å². The summed E-state index contributed by atoms with van der Waals surface area (Å²) in [6.45, 7) is 5.64. The van der Waals surface area contributed by atoms with Crippen molar-refractivity contribution in [2.75, 3.05) is 0 Å². The molecule has 1 atom stereocenters. The first-order chi connectivity index (χ1) is 15.0. The van der Waals surface area contributed by atoms with Crippen LogP contribution in [0, 0.1) is 6.92 Å². The number of hydrogen-bond donors (Lipinski definition) is 1. The van der Waals surface area contributed by atoms with Gasteiger partial charge in [0.05, 0.1) is 26.5 Å². The molecule has 7 nitrogen and oxygen atoms in total. The Morgan fingerprint density at radius 1 is 1.12 bits per heavy atom. The molecular weight excluding hydrogens is 497 g/mol. The lowest BCUT2D eigenvalue weighted by Gasteiger charge is -2.16. The van der Waals surface area contributed by atoms with Crippen molar-refractivity contribution in [3.05, 3.63) is 74.6 Å². The van der Waals surface area contributed by atoms with E-state index in [1.165, 1.54) is 22.8 Å². The van der Waals surface area contributed by atoms with Crippen molar-refractivity contribution in [3.63, 3.8) is 0 Å². The molecule has 1 heterocycles. The number of carbonyl (C=O) groups excluding carboxylic acids is 1. The second-order valence-electron chi connectivity index (χ2n) is 6.98. The van der Waals surface area contributed by atoms with Gasteiger partial charge in [0.25, 0.3) is 0 Å². The van der Waals surface area contributed by atoms with Gasteiger partial charge in [-0.05, 0) is 51.1 Å². The predicted octanol–water partition coefficient (Wildman–Crippen LogP) is 5.43. The maximum Gasteiger partial charge on any atom is 0.344 e. The summed E-state index contributed by atoms with van der Waals surface area (Å²) in [6.07, 6.45) is 0. The fourth-order valence-electron chi connectivity index (χ4n) is 2.99. The number of halogens is 3. The molecule has 1 unspecified atom stereocenters. The molecule has 0 aliphatic rings. The maximum absolute atomic E-state index is 12.8. The van der Waals surface area contributed by atoms with E-state index in [1.54, 1.807) is 38.1 Å². The van der Waals surface area contributed by atoms with E-state index in [1.807, 2.05) is 6.92 Å². The number of aromatic nitrogens is 2. The standard InChI is InChI=1S/C21H20Cl3N3O4S/c1-4-27-19(13(3)26-32(29,30)15-9-10-16(22)17(23)11-15)25-18(24)20(27)31-21(28)14-7-5-12(2)6-8-14/h5-11,13,26H,4H2,1-3H3. The Morgan fingerprint density at radius 3 is 2.38 bits per heavy atom. The monoisotopic (exact) mass is 515 g/mol. The highest BCUT2D eigenvalue weighted by Crippen LogP contribution is 2.31. The molecule has 3 aromatic rings. The third-order valence-corrected chi connectivity index (χ3v) is 7.15. The molecule has 1 aromatic heterocycles. The van der Waals surface area contributed by atoms with Crippen molar-refractivity contribution in [1.29, 1.82) is 0 Å². The van der Waals surface area contributed by atoms with Gasteiger partial charge >= 0.3 is 5.97 Å². The number of sulfonamides is 1. The van der Waals surface area contributed by atoms with Crippen LogP contribution in [0.4, 0.5) is 0 Å². The number of imidazole rings is 1. The van der Waals surface area contributed by atoms with Crippen LogP contribution in [0.2, 0.25) is 15.2 Å². The molecule has 170 valence electrons. The number of benzene rings is 2. The lowest BCUT2D eigenvalue weighted by atomic mass is 10.1. The first kappa shape index (κ1) is 24.5. The van der Waals surface area contributed by atoms with E-state index >= 15 is 0 Å². The summed E-state index contributed by atoms with van der Waals surface area (Å²) < 4.78 is 35.1. The van der Waals surface area contributed by atoms with Crippen molar-refractivity contribution >= 4 is 50.8 Å². The predicted molar refractivity (Wildman–Crippen MR) is 124 cm³/mol. The normalized spacial score (nSPS) is 12.6. The van der Waals surface area contributed by atoms with Gasteiger partial charge in [0.1, 0.15) is 5.82 Å². The molecule has 0 bridgehead atoms. The highest BCUT2D eigenvalue weighted by atomic mass is 35.5. The number of nitrogens with zero attached hydrogens (tertiary/aromatic N) is 2. The number of aryl methyl sites for hydroxylation is 1. The Kier molecular flexibility index (Phi) is 7.52. The largest absolute Gasteiger partial charge is 0.402 e. The first-order valence-corrected chi connectivity index (χ1v) is 12.2. The van der Waals surface area contributed by atoms with Gasteiger partial charge in [0.15, 0.2) is 5.15 Å². The summed E-state index contributed by atoms with van der Waals surface area (Å²) in [4.78, 5) is 16.7. The van der Waals surface area contributed by atoms with Gasteiger partial charge in [-0.1, -0.05) is 52.5 Å². The topological polar surface area (TPSA) is 90.3 Å². The smallest absolute Gasteiger partial charge is 0.344 e. The van der Waals surface area contributed by atoms with Crippen LogP contribution in [0.1, 0.15) is 41.6 Å². The summed E-state index contributed by atoms with van der Waals surface area (Å²) in [7, 11) is -3.94. The molecule has 1 N–H and O–H groups in total. The molecule has 3 rings (SSSR count). The third kappa shape index (κ3) is 5.27. The van der Waals surface area contributed by atoms with Crippen molar-refractivity contribution in [2.45, 2.75) is 38.3 Å². The van der Waals surface area contributed by atoms with Crippen LogP contribution in [-0.2, 0) is 16.6 Å². The number of ether oxygens (including phenoxy) is 1. The summed E-state index contributed by atoms with van der Waals surface area (Å²) in [5.41, 5.74) is 1.36. The highest BCUT2D eigenvalue weighted by Gasteiger charge is 2.27. The van der Waals surface area contributed by atoms with Crippen molar-refractivity contribution in [1.82, 2.24) is 14.3 Å². The first-order valence-electron chi connectivity index (χ1n) is 9.55. The average molecular weight is 517 g/mol. The van der Waals surface area contributed by atoms with E-state index in [4.69, 9.17) is 39.5 Å². The summed E-state index contributed by atoms with van der Waals surface area (Å²) >= 11 is 18.1. The summed E-state index contributed by atoms with van der Waals surface area (Å²) in [5.74, 6) is -0.278. The quantitative estimate of drug-likeness (QED) is 0.423. The summed E-state index contributed by atoms with van der Waals surface area (Å²) in [6, 6.07) is 10.1. The Bertz CT molecular complexity index is 1260. The van der Waals surface area contributed by atoms with Crippen LogP contribution < -0.4 is 9.46 Å². The van der Waals surface area contributed by atoms with Crippen molar-refractivity contribution < 1.29 is 17.9 Å². The zero-order valence-electron chi connectivity index (χ0n) is 17.4. The fourth-order valence-corrected chi connectivity index (χ4v) is 4.81. The molecule has 11 heteroatoms. The van der Waals surface area contributed by atoms with Gasteiger partial charge in [0.2, 0.25) is 15.9 Å². The fraction of sp³-hybridized carbons (Fsp3) is 0.238. The molecule has 0 aliphatic carbocycles. The molecule has 0 saturated heterocycles. The molecular formula is C21H20Cl3N3O4S. The molecule has 32 heavy (non-hydrogen) atoms. The molecule has 0 saturated carbocycles. The number of nitrogens with one attached hydrogen (secondary N) is 1. The Balaban J connectivity index is 1.87. The molecule has 0 radical (unpaired) electrons. The van der Waals surface area contributed by atoms with Gasteiger partial charge in [0, 0.05) is 6.54 Å². The second-order valence-corrected chi connectivity index (χ2v) is 9.87. The lowest BCUT2D eigenvalue weighted by Crippen LogP contribution is -2.29. The molecule has 0 aliphatic heterocycles. The van der Waals surface area contributed by atoms with Crippen LogP contribution in [0.3, 0.4) is 0 Å². The number of rotatable bonds is 7. The van der Waals surface area contributed by atoms with Crippen LogP contribution in [0.25, 0.3) is 0 Å². The zero-order valence-corrected chi connectivity index (χ0v) is 20.5. The van der Waals surface area contributed by atoms with Crippen LogP contribution in [0.5, 0.6) is 5.88 Å². The van der Waals surface area contributed by atoms with E-state index in [9.17, 15) is 13.2 Å². The van der Waals surface area contributed by atoms with Crippen LogP contribution in [-0.4, -0.2) is 23.9 Å². The Labute approximate surface area is 201 Å². The van der Waals surface area contributed by atoms with Crippen molar-refractivity contribution in [2.24, 2.45) is 0 Å². The second kappa shape index (κ2) is 9.80. The van der Waals surface area contributed by atoms with Crippen LogP contribution in [0.15, 0.2) is 47.4 Å². The average Bonchev–Trinajstić information content (AvgIpc) is 3.05. The minimum Gasteiger partial charge on any atom is -0.402 e. The maximum atomic E-state index is 12.8. The molecule has 0 spiro atoms. The third-order valence-electron chi connectivity index (χ3n) is 4.62. The zero-order chi connectivity index (χ0) is 23.6. The molecule has 0 fully saturated rings. The SMILES string of the molecule is CCn1c(C(C)NS(=O)(=O)c2ccc(Cl)c(Cl)c2)nc(Cl)c1OC(=O)c1ccc(C)cc1. The van der Waals surface area contributed by atoms with Gasteiger partial charge < -0.3 is 4.74 Å². The Morgan fingerprint density at radius 2 is 1.78 bits per heavy atom. The van der Waals surface area contributed by atoms with Crippen LogP contribution >= 0.6 is 34.8 Å². The van der Waals surface area contributed by atoms with E-state index in [2.05, 4.69) is 9.71 Å². The Hall–Kier alpha value is -2.10. The van der Waals surface area contributed by atoms with E-state index in [0.717, 1.165) is 5.56 Å². The number of carbonyl (C=O) groups is 1. The van der Waals surface area contributed by atoms with Gasteiger partial charge in [-0.25, -0.2) is 22.9 Å². The van der Waals surface area contributed by atoms with E-state index in [0.29, 0.717) is 12.1 Å². The van der Waals surface area contributed by atoms with Crippen molar-refractivity contribution in [3.8, 4) is 5.88 Å². The van der Waals surface area contributed by atoms with Gasteiger partial charge in [-0.3, -0.25) is 4.57 Å². The molecule has 2 aromatic carbocycles. The van der Waals surface area contributed by atoms with E-state index < -0.39 is 22.0 Å². The summed E-state index contributed by atoms with van der Waals surface area (Å²) in [5, 5.41) is 0.306. The minimum atomic E-state index is -3.94. The number of hydrogen-bond acceptors (Lipinski definition) is 5.